The monoisotopic (exact) mass is 772 g/mol. The Kier molecular flexibility index (Phi) is 37.1. The molecule has 1 heterocycles. The van der Waals surface area contributed by atoms with Crippen LogP contribution in [-0.2, 0) is 14.6 Å². The molecule has 8 nitrogen and oxygen atoms in total. The van der Waals surface area contributed by atoms with Crippen LogP contribution in [0.5, 0.6) is 0 Å². The number of nitrogens with zero attached hydrogens (tertiary/aromatic N) is 3. The standard InChI is InChI=1S/C42H83N3O.C2H6O4S/c1-4-7-9-11-13-15-17-19-21-23-25-27-29-31-33-35-41-43-37-39-45(41,6-3)40-38-44-42(46)36-34-32-30-28-26-24-22-20-18-16-14-12-10-8-5-2;1-2-6-7(3,4)5/h4-40H2,1-3H3;2H2,1H3,(H,3,4,5). The number of rotatable bonds is 38. The highest BCUT2D eigenvalue weighted by atomic mass is 32.3. The van der Waals surface area contributed by atoms with Crippen molar-refractivity contribution < 1.29 is 26.7 Å². The molecule has 1 aliphatic rings. The molecule has 0 saturated carbocycles. The molecular formula is C44H89N3O5S. The van der Waals surface area contributed by atoms with Crippen LogP contribution >= 0.6 is 0 Å². The van der Waals surface area contributed by atoms with Crippen LogP contribution in [-0.4, -0.2) is 68.5 Å². The highest BCUT2D eigenvalue weighted by molar-refractivity contribution is 7.80. The van der Waals surface area contributed by atoms with Crippen LogP contribution < -0.4 is 5.11 Å². The van der Waals surface area contributed by atoms with Crippen molar-refractivity contribution in [3.8, 4) is 0 Å². The molecule has 1 unspecified atom stereocenters. The van der Waals surface area contributed by atoms with Gasteiger partial charge in [-0.3, -0.25) is 14.0 Å². The maximum Gasteiger partial charge on any atom is 0.397 e. The molecule has 0 aromatic rings. The lowest BCUT2D eigenvalue weighted by Gasteiger charge is -2.33. The lowest BCUT2D eigenvalue weighted by molar-refractivity contribution is -0.833. The van der Waals surface area contributed by atoms with Gasteiger partial charge in [-0.15, -0.1) is 0 Å². The zero-order valence-corrected chi connectivity index (χ0v) is 36.5. The van der Waals surface area contributed by atoms with Crippen molar-refractivity contribution in [3.63, 3.8) is 0 Å². The minimum Gasteiger partial charge on any atom is -0.862 e. The molecule has 0 fully saturated rings. The second kappa shape index (κ2) is 37.9. The zero-order chi connectivity index (χ0) is 39.1. The van der Waals surface area contributed by atoms with Gasteiger partial charge in [0.25, 0.3) is 0 Å². The van der Waals surface area contributed by atoms with E-state index in [1.54, 1.807) is 0 Å². The molecular weight excluding hydrogens is 683 g/mol. The first-order valence-corrected chi connectivity index (χ1v) is 24.3. The SMILES string of the molecule is CCCCCCCCCCCCCCCCCC([O-])=NCC[N+]1(CC)CCN=C1CCCCCCCCCCCCCCCCC.CCOS(=O)(=O)O. The molecule has 1 atom stereocenters. The van der Waals surface area contributed by atoms with Crippen LogP contribution in [0.1, 0.15) is 233 Å². The van der Waals surface area contributed by atoms with Crippen LogP contribution in [0.2, 0.25) is 0 Å². The first-order chi connectivity index (χ1) is 25.7. The molecule has 0 bridgehead atoms. The van der Waals surface area contributed by atoms with E-state index in [1.807, 2.05) is 0 Å². The third kappa shape index (κ3) is 34.0. The molecule has 1 rings (SSSR count). The van der Waals surface area contributed by atoms with E-state index in [9.17, 15) is 13.5 Å². The molecule has 0 aliphatic carbocycles. The summed E-state index contributed by atoms with van der Waals surface area (Å²) in [5.41, 5.74) is 0. The predicted molar refractivity (Wildman–Crippen MR) is 227 cm³/mol. The van der Waals surface area contributed by atoms with E-state index in [1.165, 1.54) is 199 Å². The molecule has 0 amide bonds. The average molecular weight is 772 g/mol. The predicted octanol–water partition coefficient (Wildman–Crippen LogP) is 12.3. The molecule has 0 radical (unpaired) electrons. The van der Waals surface area contributed by atoms with Crippen molar-refractivity contribution in [3.05, 3.63) is 0 Å². The van der Waals surface area contributed by atoms with Gasteiger partial charge in [0.1, 0.15) is 13.1 Å². The fraction of sp³-hybridized carbons (Fsp3) is 0.955. The highest BCUT2D eigenvalue weighted by Gasteiger charge is 2.35. The lowest BCUT2D eigenvalue weighted by Crippen LogP contribution is -2.52. The van der Waals surface area contributed by atoms with Gasteiger partial charge in [-0.2, -0.15) is 8.42 Å². The summed E-state index contributed by atoms with van der Waals surface area (Å²) < 4.78 is 31.6. The summed E-state index contributed by atoms with van der Waals surface area (Å²) in [7, 11) is -4.17. The second-order valence-electron chi connectivity index (χ2n) is 15.7. The number of unbranched alkanes of at least 4 members (excludes halogenated alkanes) is 28. The van der Waals surface area contributed by atoms with E-state index in [2.05, 4.69) is 29.9 Å². The largest absolute Gasteiger partial charge is 0.862 e. The molecule has 316 valence electrons. The van der Waals surface area contributed by atoms with Gasteiger partial charge >= 0.3 is 10.4 Å². The van der Waals surface area contributed by atoms with Crippen LogP contribution in [0, 0.1) is 0 Å². The molecule has 9 heteroatoms. The van der Waals surface area contributed by atoms with E-state index in [-0.39, 0.29) is 12.5 Å². The summed E-state index contributed by atoms with van der Waals surface area (Å²) >= 11 is 0. The Morgan fingerprint density at radius 2 is 1.02 bits per heavy atom. The Hall–Kier alpha value is -1.03. The Morgan fingerprint density at radius 3 is 1.36 bits per heavy atom. The van der Waals surface area contributed by atoms with Gasteiger partial charge in [-0.25, -0.2) is 9.18 Å². The van der Waals surface area contributed by atoms with Crippen molar-refractivity contribution in [2.45, 2.75) is 233 Å². The van der Waals surface area contributed by atoms with E-state index in [0.29, 0.717) is 13.0 Å². The van der Waals surface area contributed by atoms with Gasteiger partial charge in [0.15, 0.2) is 5.84 Å². The summed E-state index contributed by atoms with van der Waals surface area (Å²) in [6, 6.07) is 0. The summed E-state index contributed by atoms with van der Waals surface area (Å²) in [6.07, 6.45) is 43.3. The third-order valence-electron chi connectivity index (χ3n) is 11.1. The van der Waals surface area contributed by atoms with Crippen molar-refractivity contribution in [1.29, 1.82) is 0 Å². The maximum atomic E-state index is 12.4. The van der Waals surface area contributed by atoms with Crippen molar-refractivity contribution >= 4 is 22.1 Å². The number of amidine groups is 1. The summed E-state index contributed by atoms with van der Waals surface area (Å²) in [5.74, 6) is 1.52. The van der Waals surface area contributed by atoms with Gasteiger partial charge in [0.2, 0.25) is 0 Å². The smallest absolute Gasteiger partial charge is 0.397 e. The Labute approximate surface area is 330 Å². The van der Waals surface area contributed by atoms with Crippen molar-refractivity contribution in [2.75, 3.05) is 39.3 Å². The number of quaternary nitrogens is 1. The fourth-order valence-electron chi connectivity index (χ4n) is 7.60. The number of hydrogen-bond donors (Lipinski definition) is 1. The highest BCUT2D eigenvalue weighted by Crippen LogP contribution is 2.21. The summed E-state index contributed by atoms with van der Waals surface area (Å²) in [6.45, 7) is 13.1. The lowest BCUT2D eigenvalue weighted by atomic mass is 10.0. The van der Waals surface area contributed by atoms with Crippen LogP contribution in [0.15, 0.2) is 9.98 Å². The van der Waals surface area contributed by atoms with E-state index in [0.717, 1.165) is 43.5 Å². The average Bonchev–Trinajstić information content (AvgIpc) is 3.53. The van der Waals surface area contributed by atoms with Crippen LogP contribution in [0.25, 0.3) is 0 Å². The quantitative estimate of drug-likeness (QED) is 0.0221. The Bertz CT molecular complexity index is 959. The molecule has 0 aromatic heterocycles. The third-order valence-corrected chi connectivity index (χ3v) is 11.6. The topological polar surface area (TPSA) is 111 Å². The minimum absolute atomic E-state index is 0.0289. The Balaban J connectivity index is 0.00000348. The van der Waals surface area contributed by atoms with Gasteiger partial charge in [0, 0.05) is 6.42 Å². The maximum absolute atomic E-state index is 12.4. The first-order valence-electron chi connectivity index (χ1n) is 23.0. The Morgan fingerprint density at radius 1 is 0.642 bits per heavy atom. The molecule has 0 aromatic carbocycles. The van der Waals surface area contributed by atoms with E-state index in [4.69, 9.17) is 9.55 Å². The summed E-state index contributed by atoms with van der Waals surface area (Å²) in [5, 5.41) is 12.4. The van der Waals surface area contributed by atoms with Crippen molar-refractivity contribution in [2.24, 2.45) is 9.98 Å². The van der Waals surface area contributed by atoms with Gasteiger partial charge in [-0.05, 0) is 39.0 Å². The van der Waals surface area contributed by atoms with Crippen LogP contribution in [0.4, 0.5) is 0 Å². The van der Waals surface area contributed by atoms with Crippen LogP contribution in [0.3, 0.4) is 0 Å². The normalized spacial score (nSPS) is 16.2. The number of likely N-dealkylation sites (N-methyl/N-ethyl adjacent to an activating group) is 1. The summed E-state index contributed by atoms with van der Waals surface area (Å²) in [4.78, 5) is 9.43. The number of hydrogen-bond acceptors (Lipinski definition) is 6. The zero-order valence-electron chi connectivity index (χ0n) is 35.7. The van der Waals surface area contributed by atoms with Gasteiger partial charge in [0.05, 0.1) is 26.2 Å². The minimum atomic E-state index is -4.17. The molecule has 1 N–H and O–H groups in total. The van der Waals surface area contributed by atoms with E-state index < -0.39 is 10.4 Å². The fourth-order valence-corrected chi connectivity index (χ4v) is 7.90. The molecule has 1 aliphatic heterocycles. The molecule has 0 spiro atoms. The second-order valence-corrected chi connectivity index (χ2v) is 16.8. The van der Waals surface area contributed by atoms with Crippen molar-refractivity contribution in [1.82, 2.24) is 0 Å². The van der Waals surface area contributed by atoms with Gasteiger partial charge < -0.3 is 5.11 Å². The first kappa shape index (κ1) is 52.0. The van der Waals surface area contributed by atoms with E-state index >= 15 is 0 Å². The molecule has 0 saturated heterocycles. The molecule has 53 heavy (non-hydrogen) atoms. The van der Waals surface area contributed by atoms with Gasteiger partial charge in [-0.1, -0.05) is 194 Å². The number of aliphatic imine (C=N–C) groups is 2.